The van der Waals surface area contributed by atoms with Crippen LogP contribution in [-0.4, -0.2) is 63.8 Å². The van der Waals surface area contributed by atoms with Gasteiger partial charge < -0.3 is 15.0 Å². The second kappa shape index (κ2) is 8.03. The number of rotatable bonds is 5. The summed E-state index contributed by atoms with van der Waals surface area (Å²) >= 11 is 0. The Labute approximate surface area is 172 Å². The van der Waals surface area contributed by atoms with E-state index >= 15 is 0 Å². The topological polar surface area (TPSA) is 68.1 Å². The van der Waals surface area contributed by atoms with Gasteiger partial charge in [0.2, 0.25) is 0 Å². The molecule has 2 saturated heterocycles. The summed E-state index contributed by atoms with van der Waals surface area (Å²) in [7, 11) is 1.93. The Bertz CT molecular complexity index is 814. The highest BCUT2D eigenvalue weighted by molar-refractivity contribution is 5.61. The van der Waals surface area contributed by atoms with Gasteiger partial charge in [-0.3, -0.25) is 4.68 Å². The lowest BCUT2D eigenvalue weighted by atomic mass is 10.0. The first-order chi connectivity index (χ1) is 14.1. The Morgan fingerprint density at radius 2 is 2.00 bits per heavy atom. The second-order valence-electron chi connectivity index (χ2n) is 9.24. The third-order valence-electron chi connectivity index (χ3n) is 6.90. The fourth-order valence-corrected chi connectivity index (χ4v) is 5.59. The van der Waals surface area contributed by atoms with Crippen LogP contribution in [0.2, 0.25) is 0 Å². The summed E-state index contributed by atoms with van der Waals surface area (Å²) in [6.07, 6.45) is 7.05. The van der Waals surface area contributed by atoms with E-state index in [1.54, 1.807) is 0 Å². The standard InChI is InChI=1S/C22H32N6O/c1-15-20(13-27(2)26-15)21-5-6-22(25-24-21)23-19-8-17-11-28(12-18(17)9-19)10-16-4-3-7-29-14-16/h5-6,13,16-19H,3-4,7-12,14H2,1-2H3,(H,23,25)/t16?,17-,18+,19?. The minimum atomic E-state index is 0.519. The van der Waals surface area contributed by atoms with Crippen molar-refractivity contribution in [1.82, 2.24) is 24.9 Å². The molecule has 0 aromatic carbocycles. The maximum Gasteiger partial charge on any atom is 0.148 e. The highest BCUT2D eigenvalue weighted by atomic mass is 16.5. The lowest BCUT2D eigenvalue weighted by Crippen LogP contribution is -2.33. The predicted octanol–water partition coefficient (Wildman–Crippen LogP) is 2.73. The zero-order chi connectivity index (χ0) is 19.8. The monoisotopic (exact) mass is 396 g/mol. The summed E-state index contributed by atoms with van der Waals surface area (Å²) in [5, 5.41) is 16.9. The number of ether oxygens (including phenoxy) is 1. The molecule has 3 fully saturated rings. The molecule has 0 radical (unpaired) electrons. The average molecular weight is 397 g/mol. The second-order valence-corrected chi connectivity index (χ2v) is 9.24. The van der Waals surface area contributed by atoms with Gasteiger partial charge in [-0.2, -0.15) is 5.10 Å². The van der Waals surface area contributed by atoms with Crippen LogP contribution in [0.1, 0.15) is 31.4 Å². The first-order valence-corrected chi connectivity index (χ1v) is 11.0. The van der Waals surface area contributed by atoms with Crippen molar-refractivity contribution in [3.63, 3.8) is 0 Å². The van der Waals surface area contributed by atoms with Crippen molar-refractivity contribution in [3.05, 3.63) is 24.0 Å². The molecule has 0 spiro atoms. The molecule has 0 amide bonds. The molecule has 7 nitrogen and oxygen atoms in total. The summed E-state index contributed by atoms with van der Waals surface area (Å²) < 4.78 is 7.48. The Balaban J connectivity index is 1.13. The van der Waals surface area contributed by atoms with Crippen LogP contribution in [0.4, 0.5) is 5.82 Å². The van der Waals surface area contributed by atoms with E-state index in [2.05, 4.69) is 31.6 Å². The number of fused-ring (bicyclic) bond motifs is 1. The molecule has 2 aliphatic heterocycles. The van der Waals surface area contributed by atoms with Crippen molar-refractivity contribution < 1.29 is 4.74 Å². The van der Waals surface area contributed by atoms with Gasteiger partial charge in [0.25, 0.3) is 0 Å². The fourth-order valence-electron chi connectivity index (χ4n) is 5.59. The number of nitrogens with zero attached hydrogens (tertiary/aromatic N) is 5. The van der Waals surface area contributed by atoms with Crippen molar-refractivity contribution in [1.29, 1.82) is 0 Å². The SMILES string of the molecule is Cc1nn(C)cc1-c1ccc(NC2C[C@@H]3CN(CC4CCCOC4)C[C@@H]3C2)nn1. The maximum absolute atomic E-state index is 5.66. The van der Waals surface area contributed by atoms with Crippen molar-refractivity contribution in [2.24, 2.45) is 24.8 Å². The normalized spacial score (nSPS) is 29.9. The molecule has 1 saturated carbocycles. The number of nitrogens with one attached hydrogen (secondary N) is 1. The van der Waals surface area contributed by atoms with E-state index in [0.29, 0.717) is 6.04 Å². The van der Waals surface area contributed by atoms with Crippen LogP contribution in [0.25, 0.3) is 11.3 Å². The first kappa shape index (κ1) is 19.0. The highest BCUT2D eigenvalue weighted by Gasteiger charge is 2.41. The van der Waals surface area contributed by atoms with Crippen LogP contribution in [0.15, 0.2) is 18.3 Å². The lowest BCUT2D eigenvalue weighted by molar-refractivity contribution is 0.0407. The molecule has 2 aromatic heterocycles. The largest absolute Gasteiger partial charge is 0.381 e. The molecule has 1 aliphatic carbocycles. The summed E-state index contributed by atoms with van der Waals surface area (Å²) in [6, 6.07) is 4.62. The van der Waals surface area contributed by atoms with E-state index in [-0.39, 0.29) is 0 Å². The number of likely N-dealkylation sites (tertiary alicyclic amines) is 1. The van der Waals surface area contributed by atoms with Crippen LogP contribution in [0.5, 0.6) is 0 Å². The molecule has 2 unspecified atom stereocenters. The Kier molecular flexibility index (Phi) is 5.26. The van der Waals surface area contributed by atoms with Gasteiger partial charge in [0.1, 0.15) is 5.82 Å². The highest BCUT2D eigenvalue weighted by Crippen LogP contribution is 2.39. The third-order valence-corrected chi connectivity index (χ3v) is 6.90. The molecular formula is C22H32N6O. The van der Waals surface area contributed by atoms with Gasteiger partial charge in [0.05, 0.1) is 18.0 Å². The van der Waals surface area contributed by atoms with E-state index in [4.69, 9.17) is 4.74 Å². The molecule has 29 heavy (non-hydrogen) atoms. The molecule has 7 heteroatoms. The van der Waals surface area contributed by atoms with Gasteiger partial charge in [-0.1, -0.05) is 0 Å². The summed E-state index contributed by atoms with van der Waals surface area (Å²) in [5.41, 5.74) is 2.91. The van der Waals surface area contributed by atoms with E-state index in [1.807, 2.05) is 30.9 Å². The number of aryl methyl sites for hydroxylation is 2. The predicted molar refractivity (Wildman–Crippen MR) is 113 cm³/mol. The lowest BCUT2D eigenvalue weighted by Gasteiger charge is -2.27. The minimum Gasteiger partial charge on any atom is -0.381 e. The molecule has 0 bridgehead atoms. The van der Waals surface area contributed by atoms with Gasteiger partial charge in [-0.05, 0) is 62.5 Å². The van der Waals surface area contributed by atoms with E-state index in [1.165, 1.54) is 45.3 Å². The Hall–Kier alpha value is -1.99. The number of anilines is 1. The van der Waals surface area contributed by atoms with Gasteiger partial charge in [0, 0.05) is 51.1 Å². The van der Waals surface area contributed by atoms with Crippen molar-refractivity contribution in [3.8, 4) is 11.3 Å². The molecule has 1 N–H and O–H groups in total. The van der Waals surface area contributed by atoms with Gasteiger partial charge in [-0.25, -0.2) is 0 Å². The van der Waals surface area contributed by atoms with Crippen LogP contribution in [0, 0.1) is 24.7 Å². The summed E-state index contributed by atoms with van der Waals surface area (Å²) in [4.78, 5) is 2.69. The minimum absolute atomic E-state index is 0.519. The zero-order valence-corrected chi connectivity index (χ0v) is 17.5. The molecule has 4 heterocycles. The molecule has 2 aromatic rings. The van der Waals surface area contributed by atoms with Gasteiger partial charge in [-0.15, -0.1) is 10.2 Å². The summed E-state index contributed by atoms with van der Waals surface area (Å²) in [6.45, 7) is 7.66. The van der Waals surface area contributed by atoms with Gasteiger partial charge in [0.15, 0.2) is 0 Å². The van der Waals surface area contributed by atoms with Crippen molar-refractivity contribution in [2.45, 2.75) is 38.6 Å². The van der Waals surface area contributed by atoms with E-state index in [0.717, 1.165) is 53.7 Å². The summed E-state index contributed by atoms with van der Waals surface area (Å²) in [5.74, 6) is 3.27. The van der Waals surface area contributed by atoms with Crippen molar-refractivity contribution >= 4 is 5.82 Å². The average Bonchev–Trinajstić information content (AvgIpc) is 3.36. The van der Waals surface area contributed by atoms with Crippen LogP contribution in [-0.2, 0) is 11.8 Å². The molecule has 5 rings (SSSR count). The Morgan fingerprint density at radius 1 is 1.17 bits per heavy atom. The van der Waals surface area contributed by atoms with E-state index < -0.39 is 0 Å². The fraction of sp³-hybridized carbons (Fsp3) is 0.682. The van der Waals surface area contributed by atoms with Crippen LogP contribution >= 0.6 is 0 Å². The number of aromatic nitrogens is 4. The molecule has 3 aliphatic rings. The quantitative estimate of drug-likeness (QED) is 0.838. The third kappa shape index (κ3) is 4.16. The Morgan fingerprint density at radius 3 is 2.62 bits per heavy atom. The van der Waals surface area contributed by atoms with E-state index in [9.17, 15) is 0 Å². The first-order valence-electron chi connectivity index (χ1n) is 11.0. The molecule has 156 valence electrons. The zero-order valence-electron chi connectivity index (χ0n) is 17.5. The van der Waals surface area contributed by atoms with Crippen LogP contribution in [0.3, 0.4) is 0 Å². The molecule has 4 atom stereocenters. The maximum atomic E-state index is 5.66. The van der Waals surface area contributed by atoms with Crippen LogP contribution < -0.4 is 5.32 Å². The molecular weight excluding hydrogens is 364 g/mol. The van der Waals surface area contributed by atoms with Gasteiger partial charge >= 0.3 is 0 Å². The van der Waals surface area contributed by atoms with Crippen molar-refractivity contribution in [2.75, 3.05) is 38.2 Å². The number of hydrogen-bond donors (Lipinski definition) is 1. The smallest absolute Gasteiger partial charge is 0.148 e. The number of hydrogen-bond acceptors (Lipinski definition) is 6.